The molecule has 2 aromatic carbocycles. The Labute approximate surface area is 164 Å². The van der Waals surface area contributed by atoms with Crippen molar-refractivity contribution >= 4 is 19.2 Å². The summed E-state index contributed by atoms with van der Waals surface area (Å²) in [4.78, 5) is 11.3. The van der Waals surface area contributed by atoms with Crippen LogP contribution in [0.2, 0.25) is 13.1 Å². The number of ether oxygens (including phenoxy) is 2. The van der Waals surface area contributed by atoms with E-state index in [-0.39, 0.29) is 5.97 Å². The van der Waals surface area contributed by atoms with Gasteiger partial charge in [0.2, 0.25) is 0 Å². The predicted octanol–water partition coefficient (Wildman–Crippen LogP) is 5.09. The normalized spacial score (nSPS) is 12.0. The summed E-state index contributed by atoms with van der Waals surface area (Å²) >= 11 is 0. The molecule has 152 valence electrons. The molecule has 0 fully saturated rings. The Bertz CT molecular complexity index is 872. The van der Waals surface area contributed by atoms with Gasteiger partial charge in [-0.2, -0.15) is 13.2 Å². The van der Waals surface area contributed by atoms with Crippen LogP contribution in [0.4, 0.5) is 13.2 Å². The van der Waals surface area contributed by atoms with Crippen LogP contribution in [-0.4, -0.2) is 20.3 Å². The first kappa shape index (κ1) is 22.0. The van der Waals surface area contributed by atoms with E-state index in [0.717, 1.165) is 34.0 Å². The number of hydrogen-bond donors (Lipinski definition) is 0. The lowest BCUT2D eigenvalue weighted by atomic mass is 10.0. The van der Waals surface area contributed by atoms with Crippen LogP contribution in [0.1, 0.15) is 29.2 Å². The van der Waals surface area contributed by atoms with Crippen molar-refractivity contribution < 1.29 is 27.4 Å². The Hall–Kier alpha value is -2.28. The van der Waals surface area contributed by atoms with E-state index in [1.165, 1.54) is 6.92 Å². The smallest absolute Gasteiger partial charge is 0.416 e. The molecular weight excluding hydrogens is 385 g/mol. The van der Waals surface area contributed by atoms with Crippen LogP contribution in [0, 0.1) is 20.8 Å². The zero-order valence-corrected chi connectivity index (χ0v) is 18.0. The number of halogens is 3. The monoisotopic (exact) mass is 410 g/mol. The largest absolute Gasteiger partial charge is 0.496 e. The van der Waals surface area contributed by atoms with Gasteiger partial charge >= 0.3 is 12.1 Å². The highest BCUT2D eigenvalue weighted by atomic mass is 28.3. The van der Waals surface area contributed by atoms with E-state index in [0.29, 0.717) is 17.7 Å². The summed E-state index contributed by atoms with van der Waals surface area (Å²) in [5.41, 5.74) is 1.85. The van der Waals surface area contributed by atoms with E-state index in [4.69, 9.17) is 9.47 Å². The molecule has 0 aliphatic rings. The standard InChI is InChI=1S/C21H25F3O3Si/c1-13-11-19(14(2)15(3)20(13)27-16(4)25)26-12-28(5,6)18-9-7-17(8-10-18)21(22,23)24/h7-11H,12H2,1-6H3. The first-order chi connectivity index (χ1) is 12.8. The molecule has 3 nitrogen and oxygen atoms in total. The van der Waals surface area contributed by atoms with Crippen molar-refractivity contribution in [3.05, 3.63) is 52.6 Å². The summed E-state index contributed by atoms with van der Waals surface area (Å²) in [6.07, 6.45) is -3.92. The number of benzene rings is 2. The molecule has 28 heavy (non-hydrogen) atoms. The summed E-state index contributed by atoms with van der Waals surface area (Å²) < 4.78 is 49.7. The molecule has 2 aromatic rings. The van der Waals surface area contributed by atoms with Gasteiger partial charge in [0.05, 0.1) is 11.8 Å². The second kappa shape index (κ2) is 7.99. The Morgan fingerprint density at radius 3 is 2.11 bits per heavy atom. The van der Waals surface area contributed by atoms with Gasteiger partial charge in [0.15, 0.2) is 0 Å². The van der Waals surface area contributed by atoms with E-state index < -0.39 is 19.8 Å². The van der Waals surface area contributed by atoms with Crippen LogP contribution in [-0.2, 0) is 11.0 Å². The number of rotatable bonds is 5. The molecule has 0 bridgehead atoms. The van der Waals surface area contributed by atoms with E-state index >= 15 is 0 Å². The van der Waals surface area contributed by atoms with Crippen LogP contribution < -0.4 is 14.7 Å². The molecule has 0 amide bonds. The molecule has 0 heterocycles. The molecule has 0 aliphatic carbocycles. The van der Waals surface area contributed by atoms with Crippen molar-refractivity contribution in [3.63, 3.8) is 0 Å². The van der Waals surface area contributed by atoms with Crippen LogP contribution in [0.15, 0.2) is 30.3 Å². The molecule has 0 aliphatic heterocycles. The quantitative estimate of drug-likeness (QED) is 0.391. The minimum Gasteiger partial charge on any atom is -0.496 e. The Kier molecular flexibility index (Phi) is 6.28. The van der Waals surface area contributed by atoms with Crippen LogP contribution in [0.25, 0.3) is 0 Å². The van der Waals surface area contributed by atoms with Gasteiger partial charge in [0.1, 0.15) is 19.6 Å². The fourth-order valence-corrected chi connectivity index (χ4v) is 4.68. The third-order valence-corrected chi connectivity index (χ3v) is 7.57. The SMILES string of the molecule is CC(=O)Oc1c(C)cc(OC[Si](C)(C)c2ccc(C(F)(F)F)cc2)c(C)c1C. The van der Waals surface area contributed by atoms with Crippen LogP contribution in [0.5, 0.6) is 11.5 Å². The molecular formula is C21H25F3O3Si. The second-order valence-corrected chi connectivity index (χ2v) is 12.2. The number of aryl methyl sites for hydroxylation is 1. The van der Waals surface area contributed by atoms with Gasteiger partial charge in [-0.05, 0) is 43.5 Å². The molecule has 0 spiro atoms. The summed E-state index contributed by atoms with van der Waals surface area (Å²) in [6, 6.07) is 7.17. The number of alkyl halides is 3. The van der Waals surface area contributed by atoms with Crippen molar-refractivity contribution in [1.82, 2.24) is 0 Å². The number of esters is 1. The Balaban J connectivity index is 2.21. The Morgan fingerprint density at radius 1 is 1.04 bits per heavy atom. The first-order valence-electron chi connectivity index (χ1n) is 8.92. The van der Waals surface area contributed by atoms with Crippen molar-refractivity contribution in [3.8, 4) is 11.5 Å². The van der Waals surface area contributed by atoms with Gasteiger partial charge in [-0.15, -0.1) is 0 Å². The zero-order valence-electron chi connectivity index (χ0n) is 17.0. The molecule has 7 heteroatoms. The number of hydrogen-bond acceptors (Lipinski definition) is 3. The highest BCUT2D eigenvalue weighted by molar-refractivity contribution is 6.89. The molecule has 0 aromatic heterocycles. The molecule has 0 atom stereocenters. The second-order valence-electron chi connectivity index (χ2n) is 7.61. The Morgan fingerprint density at radius 2 is 1.61 bits per heavy atom. The van der Waals surface area contributed by atoms with E-state index in [9.17, 15) is 18.0 Å². The average molecular weight is 411 g/mol. The number of carbonyl (C=O) groups is 1. The van der Waals surface area contributed by atoms with Gasteiger partial charge in [0.25, 0.3) is 0 Å². The third-order valence-electron chi connectivity index (χ3n) is 4.81. The lowest BCUT2D eigenvalue weighted by Crippen LogP contribution is -2.47. The summed E-state index contributed by atoms with van der Waals surface area (Å²) in [5, 5.41) is 0.892. The minimum atomic E-state index is -4.34. The highest BCUT2D eigenvalue weighted by Crippen LogP contribution is 2.33. The zero-order chi connectivity index (χ0) is 21.3. The maximum absolute atomic E-state index is 12.8. The molecule has 0 unspecified atom stereocenters. The van der Waals surface area contributed by atoms with Crippen molar-refractivity contribution in [2.24, 2.45) is 0 Å². The van der Waals surface area contributed by atoms with Crippen LogP contribution >= 0.6 is 0 Å². The minimum absolute atomic E-state index is 0.380. The first-order valence-corrected chi connectivity index (χ1v) is 12.1. The van der Waals surface area contributed by atoms with Crippen molar-refractivity contribution in [1.29, 1.82) is 0 Å². The number of carbonyl (C=O) groups excluding carboxylic acids is 1. The lowest BCUT2D eigenvalue weighted by Gasteiger charge is -2.25. The highest BCUT2D eigenvalue weighted by Gasteiger charge is 2.32. The molecule has 0 saturated heterocycles. The van der Waals surface area contributed by atoms with Gasteiger partial charge in [0, 0.05) is 6.92 Å². The van der Waals surface area contributed by atoms with E-state index in [1.807, 2.05) is 26.8 Å². The fraction of sp³-hybridized carbons (Fsp3) is 0.381. The average Bonchev–Trinajstić information content (AvgIpc) is 2.60. The third kappa shape index (κ3) is 4.95. The maximum Gasteiger partial charge on any atom is 0.416 e. The molecule has 0 N–H and O–H groups in total. The van der Waals surface area contributed by atoms with Gasteiger partial charge in [-0.1, -0.05) is 42.5 Å². The molecule has 0 saturated carbocycles. The predicted molar refractivity (Wildman–Crippen MR) is 106 cm³/mol. The molecule has 0 radical (unpaired) electrons. The van der Waals surface area contributed by atoms with Gasteiger partial charge < -0.3 is 9.47 Å². The summed E-state index contributed by atoms with van der Waals surface area (Å²) in [6.45, 7) is 11.1. The van der Waals surface area contributed by atoms with Gasteiger partial charge in [-0.25, -0.2) is 0 Å². The fourth-order valence-electron chi connectivity index (χ4n) is 2.92. The summed E-state index contributed by atoms with van der Waals surface area (Å²) in [5.74, 6) is 0.852. The van der Waals surface area contributed by atoms with E-state index in [1.54, 1.807) is 12.1 Å². The van der Waals surface area contributed by atoms with Crippen molar-refractivity contribution in [2.75, 3.05) is 6.23 Å². The molecule has 2 rings (SSSR count). The van der Waals surface area contributed by atoms with E-state index in [2.05, 4.69) is 13.1 Å². The maximum atomic E-state index is 12.8. The topological polar surface area (TPSA) is 35.5 Å². The van der Waals surface area contributed by atoms with Crippen molar-refractivity contribution in [2.45, 2.75) is 47.0 Å². The van der Waals surface area contributed by atoms with Gasteiger partial charge in [-0.3, -0.25) is 4.79 Å². The lowest BCUT2D eigenvalue weighted by molar-refractivity contribution is -0.137. The summed E-state index contributed by atoms with van der Waals surface area (Å²) in [7, 11) is -2.12. The van der Waals surface area contributed by atoms with Crippen LogP contribution in [0.3, 0.4) is 0 Å².